The van der Waals surface area contributed by atoms with Crippen LogP contribution in [0.4, 0.5) is 0 Å². The smallest absolute Gasteiger partial charge is 0.309 e. The molecule has 0 saturated heterocycles. The highest BCUT2D eigenvalue weighted by molar-refractivity contribution is 5.85. The third kappa shape index (κ3) is 2.83. The van der Waals surface area contributed by atoms with Crippen LogP contribution in [0.1, 0.15) is 40.0 Å². The largest absolute Gasteiger partial charge is 0.469 e. The molecular formula is C13H22O3. The van der Waals surface area contributed by atoms with Crippen LogP contribution in [0, 0.1) is 23.7 Å². The van der Waals surface area contributed by atoms with Gasteiger partial charge < -0.3 is 4.74 Å². The lowest BCUT2D eigenvalue weighted by Crippen LogP contribution is -2.32. The molecular weight excluding hydrogens is 204 g/mol. The number of hydrogen-bond acceptors (Lipinski definition) is 3. The number of ketones is 1. The van der Waals surface area contributed by atoms with Crippen LogP contribution in [0.3, 0.4) is 0 Å². The van der Waals surface area contributed by atoms with Crippen molar-refractivity contribution in [3.05, 3.63) is 0 Å². The third-order valence-corrected chi connectivity index (χ3v) is 3.82. The summed E-state index contributed by atoms with van der Waals surface area (Å²) in [6.07, 6.45) is 3.29. The van der Waals surface area contributed by atoms with E-state index in [1.165, 1.54) is 13.5 Å². The molecule has 92 valence electrons. The summed E-state index contributed by atoms with van der Waals surface area (Å²) < 4.78 is 4.74. The molecule has 3 nitrogen and oxygen atoms in total. The molecule has 1 saturated carbocycles. The fourth-order valence-electron chi connectivity index (χ4n) is 3.00. The Labute approximate surface area is 97.5 Å². The van der Waals surface area contributed by atoms with Gasteiger partial charge in [-0.3, -0.25) is 9.59 Å². The molecule has 0 aliphatic heterocycles. The van der Waals surface area contributed by atoms with Crippen molar-refractivity contribution in [1.82, 2.24) is 0 Å². The summed E-state index contributed by atoms with van der Waals surface area (Å²) in [5.74, 6) is 0.435. The molecule has 1 rings (SSSR count). The molecule has 0 spiro atoms. The normalized spacial score (nSPS) is 28.5. The van der Waals surface area contributed by atoms with Crippen LogP contribution >= 0.6 is 0 Å². The molecule has 0 bridgehead atoms. The molecule has 0 aromatic rings. The number of rotatable bonds is 4. The predicted octanol–water partition coefficient (Wildman–Crippen LogP) is 2.44. The van der Waals surface area contributed by atoms with Gasteiger partial charge in [0.2, 0.25) is 0 Å². The summed E-state index contributed by atoms with van der Waals surface area (Å²) in [5.41, 5.74) is 0. The monoisotopic (exact) mass is 226 g/mol. The minimum atomic E-state index is -0.308. The van der Waals surface area contributed by atoms with Crippen molar-refractivity contribution in [2.75, 3.05) is 7.11 Å². The van der Waals surface area contributed by atoms with Crippen molar-refractivity contribution < 1.29 is 14.3 Å². The van der Waals surface area contributed by atoms with E-state index < -0.39 is 0 Å². The number of Topliss-reactive ketones (excluding diaryl/α,β-unsaturated/α-hetero) is 1. The van der Waals surface area contributed by atoms with Gasteiger partial charge in [0.1, 0.15) is 5.78 Å². The number of esters is 1. The van der Waals surface area contributed by atoms with Gasteiger partial charge in [-0.05, 0) is 31.6 Å². The van der Waals surface area contributed by atoms with E-state index in [4.69, 9.17) is 4.74 Å². The van der Waals surface area contributed by atoms with E-state index in [0.29, 0.717) is 11.8 Å². The van der Waals surface area contributed by atoms with Gasteiger partial charge in [0.05, 0.1) is 13.0 Å². The molecule has 0 aromatic heterocycles. The SMILES string of the molecule is COC(=O)C(C)C(C(C)=O)C1CCC(C)C1. The third-order valence-electron chi connectivity index (χ3n) is 3.82. The minimum absolute atomic E-state index is 0.122. The molecule has 0 aromatic carbocycles. The zero-order chi connectivity index (χ0) is 12.3. The molecule has 1 fully saturated rings. The Morgan fingerprint density at radius 3 is 2.31 bits per heavy atom. The number of carbonyl (C=O) groups is 2. The second-order valence-corrected chi connectivity index (χ2v) is 5.13. The average Bonchev–Trinajstić information content (AvgIpc) is 2.63. The number of carbonyl (C=O) groups excluding carboxylic acids is 2. The summed E-state index contributed by atoms with van der Waals surface area (Å²) in [5, 5.41) is 0. The van der Waals surface area contributed by atoms with Crippen LogP contribution < -0.4 is 0 Å². The molecule has 0 N–H and O–H groups in total. The highest BCUT2D eigenvalue weighted by atomic mass is 16.5. The van der Waals surface area contributed by atoms with E-state index in [2.05, 4.69) is 6.92 Å². The standard InChI is InChI=1S/C13H22O3/c1-8-5-6-11(7-8)12(10(3)14)9(2)13(15)16-4/h8-9,11-12H,5-7H2,1-4H3. The Hall–Kier alpha value is -0.860. The van der Waals surface area contributed by atoms with E-state index in [1.807, 2.05) is 0 Å². The van der Waals surface area contributed by atoms with Crippen molar-refractivity contribution >= 4 is 11.8 Å². The van der Waals surface area contributed by atoms with Gasteiger partial charge in [-0.2, -0.15) is 0 Å². The summed E-state index contributed by atoms with van der Waals surface area (Å²) in [4.78, 5) is 23.2. The van der Waals surface area contributed by atoms with E-state index in [1.54, 1.807) is 13.8 Å². The average molecular weight is 226 g/mol. The van der Waals surface area contributed by atoms with Gasteiger partial charge >= 0.3 is 5.97 Å². The van der Waals surface area contributed by atoms with Crippen LogP contribution in [0.5, 0.6) is 0 Å². The highest BCUT2D eigenvalue weighted by Gasteiger charge is 2.38. The van der Waals surface area contributed by atoms with Crippen LogP contribution in [0.2, 0.25) is 0 Å². The summed E-state index contributed by atoms with van der Waals surface area (Å²) in [6, 6.07) is 0. The van der Waals surface area contributed by atoms with Gasteiger partial charge in [-0.15, -0.1) is 0 Å². The zero-order valence-corrected chi connectivity index (χ0v) is 10.7. The Bertz CT molecular complexity index is 272. The van der Waals surface area contributed by atoms with Gasteiger partial charge in [0, 0.05) is 5.92 Å². The summed E-state index contributed by atoms with van der Waals surface area (Å²) >= 11 is 0. The lowest BCUT2D eigenvalue weighted by atomic mass is 9.78. The van der Waals surface area contributed by atoms with E-state index in [0.717, 1.165) is 12.8 Å². The molecule has 0 heterocycles. The van der Waals surface area contributed by atoms with Gasteiger partial charge in [0.15, 0.2) is 0 Å². The number of ether oxygens (including phenoxy) is 1. The molecule has 0 amide bonds. The summed E-state index contributed by atoms with van der Waals surface area (Å²) in [6.45, 7) is 5.61. The predicted molar refractivity (Wildman–Crippen MR) is 61.9 cm³/mol. The first-order valence-corrected chi connectivity index (χ1v) is 6.05. The van der Waals surface area contributed by atoms with Crippen LogP contribution in [0.15, 0.2) is 0 Å². The number of hydrogen-bond donors (Lipinski definition) is 0. The topological polar surface area (TPSA) is 43.4 Å². The van der Waals surface area contributed by atoms with Crippen LogP contribution in [-0.4, -0.2) is 18.9 Å². The maximum Gasteiger partial charge on any atom is 0.309 e. The fraction of sp³-hybridized carbons (Fsp3) is 0.846. The van der Waals surface area contributed by atoms with Crippen molar-refractivity contribution in [2.24, 2.45) is 23.7 Å². The molecule has 4 atom stereocenters. The van der Waals surface area contributed by atoms with Crippen LogP contribution in [0.25, 0.3) is 0 Å². The minimum Gasteiger partial charge on any atom is -0.469 e. The molecule has 4 unspecified atom stereocenters. The maximum absolute atomic E-state index is 11.7. The van der Waals surface area contributed by atoms with Gasteiger partial charge in [-0.1, -0.05) is 20.3 Å². The Morgan fingerprint density at radius 1 is 1.31 bits per heavy atom. The first-order valence-electron chi connectivity index (χ1n) is 6.05. The molecule has 1 aliphatic rings. The van der Waals surface area contributed by atoms with Gasteiger partial charge in [-0.25, -0.2) is 0 Å². The molecule has 1 aliphatic carbocycles. The molecule has 0 radical (unpaired) electrons. The van der Waals surface area contributed by atoms with Gasteiger partial charge in [0.25, 0.3) is 0 Å². The lowest BCUT2D eigenvalue weighted by Gasteiger charge is -2.25. The first kappa shape index (κ1) is 13.2. The quantitative estimate of drug-likeness (QED) is 0.691. The number of methoxy groups -OCH3 is 1. The highest BCUT2D eigenvalue weighted by Crippen LogP contribution is 2.39. The van der Waals surface area contributed by atoms with Crippen molar-refractivity contribution in [3.63, 3.8) is 0 Å². The second-order valence-electron chi connectivity index (χ2n) is 5.13. The fourth-order valence-corrected chi connectivity index (χ4v) is 3.00. The maximum atomic E-state index is 11.7. The van der Waals surface area contributed by atoms with Crippen molar-refractivity contribution in [3.8, 4) is 0 Å². The van der Waals surface area contributed by atoms with E-state index >= 15 is 0 Å². The Morgan fingerprint density at radius 2 is 1.94 bits per heavy atom. The molecule has 3 heteroatoms. The Kier molecular flexibility index (Phi) is 4.51. The second kappa shape index (κ2) is 5.46. The van der Waals surface area contributed by atoms with Crippen molar-refractivity contribution in [2.45, 2.75) is 40.0 Å². The van der Waals surface area contributed by atoms with Crippen LogP contribution in [-0.2, 0) is 14.3 Å². The summed E-state index contributed by atoms with van der Waals surface area (Å²) in [7, 11) is 1.38. The van der Waals surface area contributed by atoms with E-state index in [9.17, 15) is 9.59 Å². The lowest BCUT2D eigenvalue weighted by molar-refractivity contribution is -0.150. The molecule has 16 heavy (non-hydrogen) atoms. The zero-order valence-electron chi connectivity index (χ0n) is 10.7. The van der Waals surface area contributed by atoms with E-state index in [-0.39, 0.29) is 23.6 Å². The van der Waals surface area contributed by atoms with Crippen molar-refractivity contribution in [1.29, 1.82) is 0 Å². The Balaban J connectivity index is 2.75. The first-order chi connectivity index (χ1) is 7.47.